The van der Waals surface area contributed by atoms with E-state index < -0.39 is 18.1 Å². The highest BCUT2D eigenvalue weighted by Crippen LogP contribution is 2.39. The van der Waals surface area contributed by atoms with Gasteiger partial charge in [-0.1, -0.05) is 36.0 Å². The Morgan fingerprint density at radius 2 is 1.86 bits per heavy atom. The van der Waals surface area contributed by atoms with Crippen LogP contribution in [0.3, 0.4) is 0 Å². The van der Waals surface area contributed by atoms with Crippen LogP contribution in [0.2, 0.25) is 10.0 Å². The average molecular weight is 340 g/mol. The molecule has 0 radical (unpaired) electrons. The van der Waals surface area contributed by atoms with E-state index in [2.05, 4.69) is 5.32 Å². The van der Waals surface area contributed by atoms with Gasteiger partial charge in [-0.3, -0.25) is 0 Å². The number of alkyl halides is 3. The lowest BCUT2D eigenvalue weighted by Crippen LogP contribution is -2.46. The van der Waals surface area contributed by atoms with E-state index in [1.54, 1.807) is 18.2 Å². The number of halogens is 5. The van der Waals surface area contributed by atoms with Crippen molar-refractivity contribution in [2.24, 2.45) is 5.92 Å². The first-order chi connectivity index (χ1) is 9.79. The van der Waals surface area contributed by atoms with Crippen molar-refractivity contribution in [2.75, 3.05) is 0 Å². The Labute approximate surface area is 132 Å². The van der Waals surface area contributed by atoms with Crippen LogP contribution in [-0.2, 0) is 0 Å². The number of hydrogen-bond donors (Lipinski definition) is 1. The number of rotatable bonds is 3. The van der Waals surface area contributed by atoms with Crippen LogP contribution in [0.5, 0.6) is 0 Å². The summed E-state index contributed by atoms with van der Waals surface area (Å²) in [7, 11) is 0. The first-order valence-electron chi connectivity index (χ1n) is 7.06. The SMILES string of the molecule is CC(NC1CCCCC1C(F)(F)F)c1cc(Cl)ccc1Cl. The lowest BCUT2D eigenvalue weighted by atomic mass is 9.83. The third-order valence-electron chi connectivity index (χ3n) is 4.08. The van der Waals surface area contributed by atoms with E-state index in [0.29, 0.717) is 22.9 Å². The highest BCUT2D eigenvalue weighted by atomic mass is 35.5. The van der Waals surface area contributed by atoms with E-state index in [4.69, 9.17) is 23.2 Å². The smallest absolute Gasteiger partial charge is 0.307 e. The molecule has 0 amide bonds. The van der Waals surface area contributed by atoms with Gasteiger partial charge in [-0.25, -0.2) is 0 Å². The third kappa shape index (κ3) is 4.27. The van der Waals surface area contributed by atoms with Crippen molar-refractivity contribution < 1.29 is 13.2 Å². The second-order valence-corrected chi connectivity index (χ2v) is 6.44. The zero-order chi connectivity index (χ0) is 15.6. The minimum atomic E-state index is -4.16. The molecule has 1 aliphatic rings. The molecule has 3 atom stereocenters. The monoisotopic (exact) mass is 339 g/mol. The lowest BCUT2D eigenvalue weighted by molar-refractivity contribution is -0.189. The highest BCUT2D eigenvalue weighted by Gasteiger charge is 2.45. The van der Waals surface area contributed by atoms with Crippen molar-refractivity contribution in [1.82, 2.24) is 5.32 Å². The van der Waals surface area contributed by atoms with Gasteiger partial charge in [-0.05, 0) is 43.5 Å². The molecule has 2 rings (SSSR count). The standard InChI is InChI=1S/C15H18Cl2F3N/c1-9(11-8-10(16)6-7-13(11)17)21-14-5-3-2-4-12(14)15(18,19)20/h6-9,12,14,21H,2-5H2,1H3. The molecule has 0 heterocycles. The van der Waals surface area contributed by atoms with Gasteiger partial charge in [0.25, 0.3) is 0 Å². The normalized spacial score (nSPS) is 24.9. The Balaban J connectivity index is 2.13. The molecule has 1 fully saturated rings. The summed E-state index contributed by atoms with van der Waals surface area (Å²) in [5.41, 5.74) is 0.732. The second-order valence-electron chi connectivity index (χ2n) is 5.59. The summed E-state index contributed by atoms with van der Waals surface area (Å²) in [6, 6.07) is 4.19. The number of hydrogen-bond acceptors (Lipinski definition) is 1. The zero-order valence-corrected chi connectivity index (χ0v) is 13.2. The molecule has 21 heavy (non-hydrogen) atoms. The van der Waals surface area contributed by atoms with Gasteiger partial charge in [0.15, 0.2) is 0 Å². The molecule has 1 N–H and O–H groups in total. The molecule has 0 aliphatic heterocycles. The predicted molar refractivity (Wildman–Crippen MR) is 79.8 cm³/mol. The maximum absolute atomic E-state index is 13.1. The van der Waals surface area contributed by atoms with Crippen LogP contribution in [-0.4, -0.2) is 12.2 Å². The Bertz CT molecular complexity index is 490. The van der Waals surface area contributed by atoms with Gasteiger partial charge in [0.2, 0.25) is 0 Å². The molecule has 0 bridgehead atoms. The fraction of sp³-hybridized carbons (Fsp3) is 0.600. The Morgan fingerprint density at radius 3 is 2.52 bits per heavy atom. The summed E-state index contributed by atoms with van der Waals surface area (Å²) < 4.78 is 39.3. The molecule has 1 aliphatic carbocycles. The summed E-state index contributed by atoms with van der Waals surface area (Å²) in [4.78, 5) is 0. The van der Waals surface area contributed by atoms with Gasteiger partial charge in [0.05, 0.1) is 5.92 Å². The van der Waals surface area contributed by atoms with Crippen LogP contribution in [0.4, 0.5) is 13.2 Å². The molecule has 1 saturated carbocycles. The molecule has 6 heteroatoms. The largest absolute Gasteiger partial charge is 0.393 e. The van der Waals surface area contributed by atoms with Crippen molar-refractivity contribution in [1.29, 1.82) is 0 Å². The average Bonchev–Trinajstić information content (AvgIpc) is 2.41. The minimum Gasteiger partial charge on any atom is -0.307 e. The molecule has 3 unspecified atom stereocenters. The van der Waals surface area contributed by atoms with E-state index >= 15 is 0 Å². The molecule has 1 aromatic rings. The van der Waals surface area contributed by atoms with Crippen molar-refractivity contribution in [3.8, 4) is 0 Å². The summed E-state index contributed by atoms with van der Waals surface area (Å²) in [5, 5.41) is 4.14. The second kappa shape index (κ2) is 6.76. The molecule has 0 saturated heterocycles. The maximum Gasteiger partial charge on any atom is 0.393 e. The summed E-state index contributed by atoms with van der Waals surface area (Å²) in [6.45, 7) is 1.82. The minimum absolute atomic E-state index is 0.192. The van der Waals surface area contributed by atoms with Crippen LogP contribution in [0.1, 0.15) is 44.2 Å². The lowest BCUT2D eigenvalue weighted by Gasteiger charge is -2.35. The van der Waals surface area contributed by atoms with Crippen molar-refractivity contribution in [3.05, 3.63) is 33.8 Å². The molecular weight excluding hydrogens is 322 g/mol. The summed E-state index contributed by atoms with van der Waals surface area (Å²) in [6.07, 6.45) is -1.98. The zero-order valence-electron chi connectivity index (χ0n) is 11.7. The van der Waals surface area contributed by atoms with Gasteiger partial charge in [-0.2, -0.15) is 13.2 Å². The van der Waals surface area contributed by atoms with Gasteiger partial charge in [0.1, 0.15) is 0 Å². The fourth-order valence-electron chi connectivity index (χ4n) is 2.98. The first kappa shape index (κ1) is 16.9. The number of benzene rings is 1. The van der Waals surface area contributed by atoms with Crippen LogP contribution in [0, 0.1) is 5.92 Å². The Hall–Kier alpha value is -0.450. The van der Waals surface area contributed by atoms with Crippen LogP contribution < -0.4 is 5.32 Å². The quantitative estimate of drug-likeness (QED) is 0.737. The van der Waals surface area contributed by atoms with Crippen LogP contribution in [0.15, 0.2) is 18.2 Å². The van der Waals surface area contributed by atoms with E-state index in [0.717, 1.165) is 12.0 Å². The van der Waals surface area contributed by atoms with Crippen LogP contribution >= 0.6 is 23.2 Å². The van der Waals surface area contributed by atoms with E-state index in [1.807, 2.05) is 6.92 Å². The summed E-state index contributed by atoms with van der Waals surface area (Å²) >= 11 is 12.1. The fourth-order valence-corrected chi connectivity index (χ4v) is 3.44. The molecule has 1 aromatic carbocycles. The summed E-state index contributed by atoms with van der Waals surface area (Å²) in [5.74, 6) is -1.29. The van der Waals surface area contributed by atoms with E-state index in [1.165, 1.54) is 0 Å². The first-order valence-corrected chi connectivity index (χ1v) is 7.82. The van der Waals surface area contributed by atoms with Gasteiger partial charge in [0, 0.05) is 22.1 Å². The Morgan fingerprint density at radius 1 is 1.19 bits per heavy atom. The highest BCUT2D eigenvalue weighted by molar-refractivity contribution is 6.33. The number of nitrogens with one attached hydrogen (secondary N) is 1. The maximum atomic E-state index is 13.1. The molecular formula is C15H18Cl2F3N. The van der Waals surface area contributed by atoms with Crippen LogP contribution in [0.25, 0.3) is 0 Å². The topological polar surface area (TPSA) is 12.0 Å². The van der Waals surface area contributed by atoms with E-state index in [9.17, 15) is 13.2 Å². The molecule has 0 aromatic heterocycles. The van der Waals surface area contributed by atoms with E-state index in [-0.39, 0.29) is 12.5 Å². The molecule has 118 valence electrons. The van der Waals surface area contributed by atoms with Crippen molar-refractivity contribution >= 4 is 23.2 Å². The third-order valence-corrected chi connectivity index (χ3v) is 4.65. The molecule has 0 spiro atoms. The van der Waals surface area contributed by atoms with Crippen molar-refractivity contribution in [3.63, 3.8) is 0 Å². The van der Waals surface area contributed by atoms with Crippen molar-refractivity contribution in [2.45, 2.75) is 50.9 Å². The predicted octanol–water partition coefficient (Wildman–Crippen LogP) is 5.77. The van der Waals surface area contributed by atoms with Gasteiger partial charge < -0.3 is 5.32 Å². The molecule has 1 nitrogen and oxygen atoms in total. The van der Waals surface area contributed by atoms with Gasteiger partial charge in [-0.15, -0.1) is 0 Å². The van der Waals surface area contributed by atoms with Gasteiger partial charge >= 0.3 is 6.18 Å². The Kier molecular flexibility index (Phi) is 5.44.